The molecule has 5 nitrogen and oxygen atoms in total. The zero-order chi connectivity index (χ0) is 14.3. The normalized spacial score (nSPS) is 10.1. The van der Waals surface area contributed by atoms with Gasteiger partial charge < -0.3 is 15.4 Å². The van der Waals surface area contributed by atoms with Crippen molar-refractivity contribution in [1.82, 2.24) is 10.6 Å². The van der Waals surface area contributed by atoms with Gasteiger partial charge in [-0.2, -0.15) is 0 Å². The Bertz CT molecular complexity index is 444. The Kier molecular flexibility index (Phi) is 5.85. The topological polar surface area (TPSA) is 67.4 Å². The largest absolute Gasteiger partial charge is 0.445 e. The quantitative estimate of drug-likeness (QED) is 0.854. The molecule has 0 atom stereocenters. The van der Waals surface area contributed by atoms with Crippen molar-refractivity contribution >= 4 is 12.0 Å². The lowest BCUT2D eigenvalue weighted by Crippen LogP contribution is -2.30. The molecule has 0 aliphatic rings. The van der Waals surface area contributed by atoms with Crippen LogP contribution in [0.2, 0.25) is 0 Å². The van der Waals surface area contributed by atoms with E-state index in [1.165, 1.54) is 6.92 Å². The second-order valence-electron chi connectivity index (χ2n) is 4.60. The van der Waals surface area contributed by atoms with Crippen molar-refractivity contribution in [2.75, 3.05) is 0 Å². The number of hydrogen-bond acceptors (Lipinski definition) is 3. The van der Waals surface area contributed by atoms with E-state index in [1.54, 1.807) is 0 Å². The highest BCUT2D eigenvalue weighted by molar-refractivity contribution is 5.72. The summed E-state index contributed by atoms with van der Waals surface area (Å²) >= 11 is 0. The van der Waals surface area contributed by atoms with E-state index >= 15 is 0 Å². The minimum Gasteiger partial charge on any atom is -0.445 e. The van der Waals surface area contributed by atoms with Crippen molar-refractivity contribution in [1.29, 1.82) is 0 Å². The summed E-state index contributed by atoms with van der Waals surface area (Å²) in [4.78, 5) is 22.2. The third kappa shape index (κ3) is 6.45. The van der Waals surface area contributed by atoms with Gasteiger partial charge in [-0.25, -0.2) is 4.79 Å². The second-order valence-corrected chi connectivity index (χ2v) is 4.60. The number of benzene rings is 1. The molecule has 5 heteroatoms. The number of carbonyl (C=O) groups excluding carboxylic acids is 2. The summed E-state index contributed by atoms with van der Waals surface area (Å²) in [6.45, 7) is 5.90. The van der Waals surface area contributed by atoms with Crippen LogP contribution in [0.5, 0.6) is 0 Å². The molecular weight excluding hydrogens is 244 g/mol. The molecule has 0 aliphatic heterocycles. The van der Waals surface area contributed by atoms with E-state index in [9.17, 15) is 9.59 Å². The third-order valence-electron chi connectivity index (χ3n) is 2.31. The summed E-state index contributed by atoms with van der Waals surface area (Å²) < 4.78 is 5.08. The first kappa shape index (κ1) is 15.0. The van der Waals surface area contributed by atoms with Gasteiger partial charge in [0.2, 0.25) is 5.91 Å². The van der Waals surface area contributed by atoms with Gasteiger partial charge in [-0.3, -0.25) is 4.79 Å². The predicted octanol–water partition coefficient (Wildman–Crippen LogP) is 1.96. The van der Waals surface area contributed by atoms with Gasteiger partial charge in [0.1, 0.15) is 6.61 Å². The molecule has 19 heavy (non-hydrogen) atoms. The molecule has 0 saturated heterocycles. The molecule has 1 aromatic carbocycles. The SMILES string of the molecule is CC(=O)NCc1cccc(COC(=O)NC(C)C)c1. The Morgan fingerprint density at radius 2 is 1.95 bits per heavy atom. The Morgan fingerprint density at radius 1 is 1.26 bits per heavy atom. The van der Waals surface area contributed by atoms with Gasteiger partial charge in [-0.15, -0.1) is 0 Å². The summed E-state index contributed by atoms with van der Waals surface area (Å²) in [6.07, 6.45) is -0.428. The van der Waals surface area contributed by atoms with Crippen LogP contribution in [-0.4, -0.2) is 18.0 Å². The summed E-state index contributed by atoms with van der Waals surface area (Å²) in [7, 11) is 0. The Labute approximate surface area is 113 Å². The molecule has 0 spiro atoms. The fraction of sp³-hybridized carbons (Fsp3) is 0.429. The lowest BCUT2D eigenvalue weighted by molar-refractivity contribution is -0.119. The number of nitrogens with one attached hydrogen (secondary N) is 2. The number of hydrogen-bond donors (Lipinski definition) is 2. The molecule has 2 amide bonds. The van der Waals surface area contributed by atoms with Gasteiger partial charge in [-0.05, 0) is 25.0 Å². The fourth-order valence-corrected chi connectivity index (χ4v) is 1.48. The lowest BCUT2D eigenvalue weighted by atomic mass is 10.1. The molecule has 0 aliphatic carbocycles. The van der Waals surface area contributed by atoms with Crippen LogP contribution >= 0.6 is 0 Å². The molecule has 2 N–H and O–H groups in total. The van der Waals surface area contributed by atoms with Gasteiger partial charge in [0.05, 0.1) is 0 Å². The maximum absolute atomic E-state index is 11.3. The number of alkyl carbamates (subject to hydrolysis) is 1. The first-order valence-corrected chi connectivity index (χ1v) is 6.23. The zero-order valence-electron chi connectivity index (χ0n) is 11.5. The van der Waals surface area contributed by atoms with Crippen LogP contribution in [-0.2, 0) is 22.7 Å². The highest BCUT2D eigenvalue weighted by Gasteiger charge is 2.04. The van der Waals surface area contributed by atoms with Crippen molar-refractivity contribution in [2.45, 2.75) is 40.0 Å². The monoisotopic (exact) mass is 264 g/mol. The average Bonchev–Trinajstić information content (AvgIpc) is 2.34. The van der Waals surface area contributed by atoms with Crippen LogP contribution in [0.4, 0.5) is 4.79 Å². The molecule has 1 rings (SSSR count). The van der Waals surface area contributed by atoms with Crippen LogP contribution in [0.25, 0.3) is 0 Å². The van der Waals surface area contributed by atoms with Crippen molar-refractivity contribution in [3.8, 4) is 0 Å². The average molecular weight is 264 g/mol. The third-order valence-corrected chi connectivity index (χ3v) is 2.31. The highest BCUT2D eigenvalue weighted by Crippen LogP contribution is 2.06. The summed E-state index contributed by atoms with van der Waals surface area (Å²) in [5.41, 5.74) is 1.86. The molecule has 0 fully saturated rings. The Hall–Kier alpha value is -2.04. The van der Waals surface area contributed by atoms with Crippen LogP contribution in [0.1, 0.15) is 31.9 Å². The summed E-state index contributed by atoms with van der Waals surface area (Å²) in [6, 6.07) is 7.61. The molecule has 104 valence electrons. The molecule has 0 unspecified atom stereocenters. The van der Waals surface area contributed by atoms with E-state index in [2.05, 4.69) is 10.6 Å². The minimum absolute atomic E-state index is 0.0543. The summed E-state index contributed by atoms with van der Waals surface area (Å²) in [5, 5.41) is 5.37. The van der Waals surface area contributed by atoms with Crippen molar-refractivity contribution in [3.63, 3.8) is 0 Å². The molecule has 1 aromatic rings. The van der Waals surface area contributed by atoms with E-state index < -0.39 is 6.09 Å². The molecule has 0 radical (unpaired) electrons. The van der Waals surface area contributed by atoms with Gasteiger partial charge in [0.25, 0.3) is 0 Å². The molecule has 0 aromatic heterocycles. The maximum atomic E-state index is 11.3. The van der Waals surface area contributed by atoms with Gasteiger partial charge in [-0.1, -0.05) is 24.3 Å². The van der Waals surface area contributed by atoms with Crippen molar-refractivity contribution in [3.05, 3.63) is 35.4 Å². The highest BCUT2D eigenvalue weighted by atomic mass is 16.5. The zero-order valence-corrected chi connectivity index (χ0v) is 11.5. The van der Waals surface area contributed by atoms with Crippen molar-refractivity contribution in [2.24, 2.45) is 0 Å². The van der Waals surface area contributed by atoms with E-state index in [1.807, 2.05) is 38.1 Å². The first-order valence-electron chi connectivity index (χ1n) is 6.23. The van der Waals surface area contributed by atoms with Gasteiger partial charge in [0.15, 0.2) is 0 Å². The van der Waals surface area contributed by atoms with Gasteiger partial charge >= 0.3 is 6.09 Å². The molecule has 0 heterocycles. The Morgan fingerprint density at radius 3 is 2.58 bits per heavy atom. The molecule has 0 saturated carbocycles. The van der Waals surface area contributed by atoms with Crippen LogP contribution in [0.3, 0.4) is 0 Å². The molecule has 0 bridgehead atoms. The van der Waals surface area contributed by atoms with Gasteiger partial charge in [0, 0.05) is 19.5 Å². The smallest absolute Gasteiger partial charge is 0.407 e. The minimum atomic E-state index is -0.428. The van der Waals surface area contributed by atoms with E-state index in [-0.39, 0.29) is 18.6 Å². The fourth-order valence-electron chi connectivity index (χ4n) is 1.48. The lowest BCUT2D eigenvalue weighted by Gasteiger charge is -2.10. The van der Waals surface area contributed by atoms with Crippen LogP contribution in [0.15, 0.2) is 24.3 Å². The predicted molar refractivity (Wildman–Crippen MR) is 72.4 cm³/mol. The van der Waals surface area contributed by atoms with E-state index in [0.29, 0.717) is 6.54 Å². The first-order chi connectivity index (χ1) is 8.97. The standard InChI is InChI=1S/C14H20N2O3/c1-10(2)16-14(18)19-9-13-6-4-5-12(7-13)8-15-11(3)17/h4-7,10H,8-9H2,1-3H3,(H,15,17)(H,16,18). The molecular formula is C14H20N2O3. The number of carbonyl (C=O) groups is 2. The summed E-state index contributed by atoms with van der Waals surface area (Å²) in [5.74, 6) is -0.0713. The van der Waals surface area contributed by atoms with Crippen LogP contribution in [0, 0.1) is 0 Å². The van der Waals surface area contributed by atoms with Crippen molar-refractivity contribution < 1.29 is 14.3 Å². The number of amides is 2. The van der Waals surface area contributed by atoms with E-state index in [4.69, 9.17) is 4.74 Å². The maximum Gasteiger partial charge on any atom is 0.407 e. The Balaban J connectivity index is 2.48. The van der Waals surface area contributed by atoms with Crippen LogP contribution < -0.4 is 10.6 Å². The van der Waals surface area contributed by atoms with E-state index in [0.717, 1.165) is 11.1 Å². The second kappa shape index (κ2) is 7.41. The number of ether oxygens (including phenoxy) is 1. The number of rotatable bonds is 5.